The van der Waals surface area contributed by atoms with E-state index in [1.165, 1.54) is 0 Å². The van der Waals surface area contributed by atoms with Gasteiger partial charge in [-0.3, -0.25) is 4.79 Å². The molecule has 0 spiro atoms. The Hall–Kier alpha value is -2.20. The maximum Gasteiger partial charge on any atom is 0.239 e. The van der Waals surface area contributed by atoms with Crippen molar-refractivity contribution in [2.45, 2.75) is 0 Å². The van der Waals surface area contributed by atoms with E-state index in [-0.39, 0.29) is 11.8 Å². The third kappa shape index (κ3) is 3.90. The van der Waals surface area contributed by atoms with E-state index in [9.17, 15) is 4.79 Å². The molecule has 2 rings (SSSR count). The second-order valence-corrected chi connectivity index (χ2v) is 4.25. The predicted molar refractivity (Wildman–Crippen MR) is 78.9 cm³/mol. The third-order valence-corrected chi connectivity index (χ3v) is 2.78. The van der Waals surface area contributed by atoms with Crippen molar-refractivity contribution in [1.29, 1.82) is 0 Å². The first-order chi connectivity index (χ1) is 9.71. The van der Waals surface area contributed by atoms with Gasteiger partial charge in [-0.25, -0.2) is 0 Å². The van der Waals surface area contributed by atoms with Crippen LogP contribution in [0.1, 0.15) is 0 Å². The maximum atomic E-state index is 11.1. The predicted octanol–water partition coefficient (Wildman–Crippen LogP) is 3.66. The number of rotatable bonds is 5. The number of carbonyl (C=O) groups excluding carboxylic acids is 1. The lowest BCUT2D eigenvalue weighted by Gasteiger charge is -2.08. The zero-order valence-corrected chi connectivity index (χ0v) is 11.7. The molecule has 2 aromatic rings. The van der Waals surface area contributed by atoms with Crippen LogP contribution in [0, 0.1) is 0 Å². The molecule has 5 heteroatoms. The Balaban J connectivity index is 2.04. The molecule has 0 fully saturated rings. The second-order valence-electron chi connectivity index (χ2n) is 3.99. The minimum atomic E-state index is -0.242. The normalized spacial score (nSPS) is 9.90. The summed E-state index contributed by atoms with van der Waals surface area (Å²) in [5, 5.41) is 2.65. The largest absolute Gasteiger partial charge is 0.497 e. The Kier molecular flexibility index (Phi) is 4.85. The van der Waals surface area contributed by atoms with Crippen LogP contribution in [0.3, 0.4) is 0 Å². The average Bonchev–Trinajstić information content (AvgIpc) is 2.49. The monoisotopic (exact) mass is 291 g/mol. The van der Waals surface area contributed by atoms with E-state index in [4.69, 9.17) is 21.1 Å². The first kappa shape index (κ1) is 14.2. The first-order valence-corrected chi connectivity index (χ1v) is 6.52. The molecule has 0 heterocycles. The van der Waals surface area contributed by atoms with Crippen LogP contribution in [0.25, 0.3) is 0 Å². The van der Waals surface area contributed by atoms with Crippen LogP contribution >= 0.6 is 11.6 Å². The van der Waals surface area contributed by atoms with E-state index < -0.39 is 0 Å². The summed E-state index contributed by atoms with van der Waals surface area (Å²) in [6.07, 6.45) is 0. The summed E-state index contributed by atoms with van der Waals surface area (Å²) >= 11 is 5.42. The van der Waals surface area contributed by atoms with Crippen LogP contribution in [-0.2, 0) is 4.79 Å². The van der Waals surface area contributed by atoms with Crippen LogP contribution in [0.2, 0.25) is 0 Å². The number of ether oxygens (including phenoxy) is 2. The fourth-order valence-corrected chi connectivity index (χ4v) is 1.67. The molecule has 1 amide bonds. The number of amides is 1. The van der Waals surface area contributed by atoms with Gasteiger partial charge in [0.25, 0.3) is 0 Å². The van der Waals surface area contributed by atoms with Gasteiger partial charge in [0, 0.05) is 11.8 Å². The van der Waals surface area contributed by atoms with Crippen LogP contribution in [-0.4, -0.2) is 18.9 Å². The van der Waals surface area contributed by atoms with E-state index >= 15 is 0 Å². The Morgan fingerprint density at radius 2 is 1.80 bits per heavy atom. The molecule has 0 aliphatic carbocycles. The summed E-state index contributed by atoms with van der Waals surface area (Å²) in [5.74, 6) is 1.77. The van der Waals surface area contributed by atoms with E-state index in [1.54, 1.807) is 37.4 Å². The lowest BCUT2D eigenvalue weighted by atomic mass is 10.3. The van der Waals surface area contributed by atoms with Gasteiger partial charge in [0.15, 0.2) is 0 Å². The van der Waals surface area contributed by atoms with Gasteiger partial charge in [-0.05, 0) is 36.4 Å². The summed E-state index contributed by atoms with van der Waals surface area (Å²) in [4.78, 5) is 11.1. The topological polar surface area (TPSA) is 47.6 Å². The molecule has 0 aliphatic rings. The summed E-state index contributed by atoms with van der Waals surface area (Å²) in [6.45, 7) is 0. The van der Waals surface area contributed by atoms with Crippen molar-refractivity contribution in [3.63, 3.8) is 0 Å². The molecule has 0 unspecified atom stereocenters. The zero-order valence-electron chi connectivity index (χ0n) is 10.9. The molecular weight excluding hydrogens is 278 g/mol. The highest BCUT2D eigenvalue weighted by Gasteiger charge is 2.02. The number of anilines is 1. The second kappa shape index (κ2) is 6.82. The molecule has 0 aliphatic heterocycles. The van der Waals surface area contributed by atoms with Crippen LogP contribution < -0.4 is 14.8 Å². The summed E-state index contributed by atoms with van der Waals surface area (Å²) in [7, 11) is 1.60. The SMILES string of the molecule is COc1cccc(Oc2ccc(NC(=O)CCl)cc2)c1. The van der Waals surface area contributed by atoms with Gasteiger partial charge in [-0.1, -0.05) is 6.07 Å². The van der Waals surface area contributed by atoms with E-state index in [0.29, 0.717) is 17.2 Å². The molecule has 0 saturated heterocycles. The Labute approximate surface area is 122 Å². The smallest absolute Gasteiger partial charge is 0.239 e. The fraction of sp³-hybridized carbons (Fsp3) is 0.133. The summed E-state index contributed by atoms with van der Waals surface area (Å²) in [6, 6.07) is 14.4. The number of halogens is 1. The highest BCUT2D eigenvalue weighted by molar-refractivity contribution is 6.29. The number of carbonyl (C=O) groups is 1. The third-order valence-electron chi connectivity index (χ3n) is 2.54. The molecule has 20 heavy (non-hydrogen) atoms. The van der Waals surface area contributed by atoms with Crippen molar-refractivity contribution in [3.8, 4) is 17.2 Å². The Bertz CT molecular complexity index is 584. The quantitative estimate of drug-likeness (QED) is 0.855. The molecule has 0 radical (unpaired) electrons. The molecule has 0 aromatic heterocycles. The highest BCUT2D eigenvalue weighted by atomic mass is 35.5. The standard InChI is InChI=1S/C15H14ClNO3/c1-19-13-3-2-4-14(9-13)20-12-7-5-11(6-8-12)17-15(18)10-16/h2-9H,10H2,1H3,(H,17,18). The number of methoxy groups -OCH3 is 1. The molecule has 4 nitrogen and oxygen atoms in total. The minimum Gasteiger partial charge on any atom is -0.497 e. The molecule has 104 valence electrons. The van der Waals surface area contributed by atoms with Gasteiger partial charge in [-0.2, -0.15) is 0 Å². The lowest BCUT2D eigenvalue weighted by molar-refractivity contribution is -0.113. The average molecular weight is 292 g/mol. The molecule has 0 saturated carbocycles. The van der Waals surface area contributed by atoms with E-state index in [0.717, 1.165) is 5.75 Å². The van der Waals surface area contributed by atoms with Crippen molar-refractivity contribution >= 4 is 23.2 Å². The maximum absolute atomic E-state index is 11.1. The number of alkyl halides is 1. The Morgan fingerprint density at radius 1 is 1.10 bits per heavy atom. The minimum absolute atomic E-state index is 0.0674. The van der Waals surface area contributed by atoms with Crippen LogP contribution in [0.4, 0.5) is 5.69 Å². The first-order valence-electron chi connectivity index (χ1n) is 5.99. The van der Waals surface area contributed by atoms with Gasteiger partial charge >= 0.3 is 0 Å². The van der Waals surface area contributed by atoms with Crippen molar-refractivity contribution in [3.05, 3.63) is 48.5 Å². The number of hydrogen-bond donors (Lipinski definition) is 1. The van der Waals surface area contributed by atoms with Gasteiger partial charge in [0.1, 0.15) is 23.1 Å². The molecule has 1 N–H and O–H groups in total. The van der Waals surface area contributed by atoms with Gasteiger partial charge in [0.05, 0.1) is 7.11 Å². The van der Waals surface area contributed by atoms with E-state index in [1.807, 2.05) is 18.2 Å². The van der Waals surface area contributed by atoms with Crippen LogP contribution in [0.5, 0.6) is 17.2 Å². The molecule has 0 bridgehead atoms. The van der Waals surface area contributed by atoms with Crippen molar-refractivity contribution in [2.24, 2.45) is 0 Å². The van der Waals surface area contributed by atoms with Crippen molar-refractivity contribution in [1.82, 2.24) is 0 Å². The van der Waals surface area contributed by atoms with E-state index in [2.05, 4.69) is 5.32 Å². The highest BCUT2D eigenvalue weighted by Crippen LogP contribution is 2.26. The van der Waals surface area contributed by atoms with Crippen LogP contribution in [0.15, 0.2) is 48.5 Å². The molecule has 0 atom stereocenters. The molecular formula is C15H14ClNO3. The zero-order chi connectivity index (χ0) is 14.4. The number of nitrogens with one attached hydrogen (secondary N) is 1. The van der Waals surface area contributed by atoms with Crippen molar-refractivity contribution in [2.75, 3.05) is 18.3 Å². The van der Waals surface area contributed by atoms with Gasteiger partial charge in [0.2, 0.25) is 5.91 Å². The fourth-order valence-electron chi connectivity index (χ4n) is 1.60. The lowest BCUT2D eigenvalue weighted by Crippen LogP contribution is -2.12. The summed E-state index contributed by atoms with van der Waals surface area (Å²) < 4.78 is 10.8. The van der Waals surface area contributed by atoms with Gasteiger partial charge in [-0.15, -0.1) is 11.6 Å². The number of hydrogen-bond acceptors (Lipinski definition) is 3. The van der Waals surface area contributed by atoms with Crippen molar-refractivity contribution < 1.29 is 14.3 Å². The molecule has 2 aromatic carbocycles. The number of benzene rings is 2. The van der Waals surface area contributed by atoms with Gasteiger partial charge < -0.3 is 14.8 Å². The summed E-state index contributed by atoms with van der Waals surface area (Å²) in [5.41, 5.74) is 0.675. The Morgan fingerprint density at radius 3 is 2.45 bits per heavy atom.